The molecular weight excluding hydrogens is 350 g/mol. The Hall–Kier alpha value is -2.45. The van der Waals surface area contributed by atoms with Gasteiger partial charge in [-0.1, -0.05) is 18.2 Å². The number of amides is 3. The summed E-state index contributed by atoms with van der Waals surface area (Å²) >= 11 is 0. The maximum Gasteiger partial charge on any atom is 0.251 e. The van der Waals surface area contributed by atoms with Gasteiger partial charge >= 0.3 is 0 Å². The number of ether oxygens (including phenoxy) is 2. The third kappa shape index (κ3) is 7.36. The van der Waals surface area contributed by atoms with Crippen LogP contribution in [0.25, 0.3) is 0 Å². The lowest BCUT2D eigenvalue weighted by atomic mass is 10.1. The van der Waals surface area contributed by atoms with E-state index in [1.165, 1.54) is 0 Å². The number of rotatable bonds is 11. The average Bonchev–Trinajstić information content (AvgIpc) is 3.02. The van der Waals surface area contributed by atoms with Crippen molar-refractivity contribution in [3.8, 4) is 0 Å². The van der Waals surface area contributed by atoms with Gasteiger partial charge in [-0.25, -0.2) is 0 Å². The third-order valence-electron chi connectivity index (χ3n) is 4.20. The quantitative estimate of drug-likeness (QED) is 0.531. The summed E-state index contributed by atoms with van der Waals surface area (Å²) in [5.41, 5.74) is 0.622. The van der Waals surface area contributed by atoms with Gasteiger partial charge in [0.2, 0.25) is 11.8 Å². The van der Waals surface area contributed by atoms with E-state index in [4.69, 9.17) is 9.47 Å². The van der Waals surface area contributed by atoms with Crippen LogP contribution in [-0.4, -0.2) is 75.7 Å². The maximum atomic E-state index is 11.9. The van der Waals surface area contributed by atoms with Crippen molar-refractivity contribution < 1.29 is 23.9 Å². The molecule has 2 N–H and O–H groups in total. The summed E-state index contributed by atoms with van der Waals surface area (Å²) in [7, 11) is 1.70. The van der Waals surface area contributed by atoms with Gasteiger partial charge < -0.3 is 25.0 Å². The molecule has 1 fully saturated rings. The van der Waals surface area contributed by atoms with E-state index in [0.29, 0.717) is 51.6 Å². The van der Waals surface area contributed by atoms with Gasteiger partial charge in [0.15, 0.2) is 0 Å². The average molecular weight is 377 g/mol. The topological polar surface area (TPSA) is 97.0 Å². The van der Waals surface area contributed by atoms with Crippen molar-refractivity contribution in [2.75, 3.05) is 53.1 Å². The Morgan fingerprint density at radius 3 is 2.26 bits per heavy atom. The molecule has 0 saturated carbocycles. The van der Waals surface area contributed by atoms with Gasteiger partial charge in [0.25, 0.3) is 5.91 Å². The fourth-order valence-electron chi connectivity index (χ4n) is 2.68. The van der Waals surface area contributed by atoms with Gasteiger partial charge in [-0.2, -0.15) is 0 Å². The zero-order valence-electron chi connectivity index (χ0n) is 15.6. The Balaban J connectivity index is 1.40. The Labute approximate surface area is 159 Å². The summed E-state index contributed by atoms with van der Waals surface area (Å²) in [5.74, 6) is -0.497. The molecule has 27 heavy (non-hydrogen) atoms. The lowest BCUT2D eigenvalue weighted by Gasteiger charge is -2.11. The summed E-state index contributed by atoms with van der Waals surface area (Å²) < 4.78 is 10.8. The lowest BCUT2D eigenvalue weighted by molar-refractivity contribution is -0.128. The van der Waals surface area contributed by atoms with Gasteiger partial charge in [-0.05, 0) is 12.1 Å². The SMILES string of the molecule is CN1C[C@@H](C(=O)NCCOCCOCCNC(=O)c2ccccc2)CC1=O. The Morgan fingerprint density at radius 2 is 1.67 bits per heavy atom. The van der Waals surface area contributed by atoms with Crippen molar-refractivity contribution in [2.45, 2.75) is 6.42 Å². The highest BCUT2D eigenvalue weighted by Gasteiger charge is 2.31. The Kier molecular flexibility index (Phi) is 8.73. The highest BCUT2D eigenvalue weighted by atomic mass is 16.5. The first-order chi connectivity index (χ1) is 13.1. The highest BCUT2D eigenvalue weighted by Crippen LogP contribution is 2.15. The van der Waals surface area contributed by atoms with E-state index < -0.39 is 0 Å². The highest BCUT2D eigenvalue weighted by molar-refractivity contribution is 5.94. The van der Waals surface area contributed by atoms with Crippen molar-refractivity contribution >= 4 is 17.7 Å². The normalized spacial score (nSPS) is 16.4. The molecule has 8 heteroatoms. The van der Waals surface area contributed by atoms with Gasteiger partial charge in [0.05, 0.1) is 32.3 Å². The molecule has 1 heterocycles. The molecule has 3 amide bonds. The van der Waals surface area contributed by atoms with E-state index >= 15 is 0 Å². The summed E-state index contributed by atoms with van der Waals surface area (Å²) in [4.78, 5) is 36.7. The number of benzene rings is 1. The predicted octanol–water partition coefficient (Wildman–Crippen LogP) is 0.0441. The Morgan fingerprint density at radius 1 is 1.04 bits per heavy atom. The summed E-state index contributed by atoms with van der Waals surface area (Å²) in [5, 5.41) is 5.55. The molecule has 0 aromatic heterocycles. The number of carbonyl (C=O) groups is 3. The lowest BCUT2D eigenvalue weighted by Crippen LogP contribution is -2.34. The molecule has 1 aliphatic rings. The van der Waals surface area contributed by atoms with Crippen LogP contribution < -0.4 is 10.6 Å². The van der Waals surface area contributed by atoms with Gasteiger partial charge in [0, 0.05) is 38.7 Å². The van der Waals surface area contributed by atoms with Crippen LogP contribution >= 0.6 is 0 Å². The number of hydrogen-bond acceptors (Lipinski definition) is 5. The van der Waals surface area contributed by atoms with Crippen LogP contribution in [0.3, 0.4) is 0 Å². The van der Waals surface area contributed by atoms with Gasteiger partial charge in [-0.3, -0.25) is 14.4 Å². The molecule has 1 aromatic rings. The molecule has 0 unspecified atom stereocenters. The molecule has 0 aliphatic carbocycles. The van der Waals surface area contributed by atoms with Crippen molar-refractivity contribution in [2.24, 2.45) is 5.92 Å². The summed E-state index contributed by atoms with van der Waals surface area (Å²) in [6, 6.07) is 9.00. The molecule has 0 spiro atoms. The summed E-state index contributed by atoms with van der Waals surface area (Å²) in [6.45, 7) is 2.92. The molecule has 0 radical (unpaired) electrons. The fourth-order valence-corrected chi connectivity index (χ4v) is 2.68. The summed E-state index contributed by atoms with van der Waals surface area (Å²) in [6.07, 6.45) is 0.276. The smallest absolute Gasteiger partial charge is 0.251 e. The van der Waals surface area contributed by atoms with Gasteiger partial charge in [0.1, 0.15) is 0 Å². The molecular formula is C19H27N3O5. The number of carbonyl (C=O) groups excluding carboxylic acids is 3. The number of nitrogens with one attached hydrogen (secondary N) is 2. The minimum Gasteiger partial charge on any atom is -0.377 e. The van der Waals surface area contributed by atoms with Crippen LogP contribution in [0.2, 0.25) is 0 Å². The fraction of sp³-hybridized carbons (Fsp3) is 0.526. The number of hydrogen-bond donors (Lipinski definition) is 2. The van der Waals surface area contributed by atoms with E-state index in [1.54, 1.807) is 24.1 Å². The number of likely N-dealkylation sites (tertiary alicyclic amines) is 1. The van der Waals surface area contributed by atoms with Crippen molar-refractivity contribution in [3.63, 3.8) is 0 Å². The predicted molar refractivity (Wildman–Crippen MR) is 99.2 cm³/mol. The van der Waals surface area contributed by atoms with Crippen molar-refractivity contribution in [1.82, 2.24) is 15.5 Å². The zero-order valence-corrected chi connectivity index (χ0v) is 15.6. The van der Waals surface area contributed by atoms with Crippen LogP contribution in [0.5, 0.6) is 0 Å². The van der Waals surface area contributed by atoms with E-state index in [0.717, 1.165) is 0 Å². The molecule has 1 aliphatic heterocycles. The molecule has 1 atom stereocenters. The van der Waals surface area contributed by atoms with Crippen LogP contribution in [0, 0.1) is 5.92 Å². The minimum atomic E-state index is -0.267. The minimum absolute atomic E-state index is 0.00325. The second-order valence-electron chi connectivity index (χ2n) is 6.31. The molecule has 8 nitrogen and oxygen atoms in total. The maximum absolute atomic E-state index is 11.9. The van der Waals surface area contributed by atoms with E-state index in [1.807, 2.05) is 18.2 Å². The molecule has 2 rings (SSSR count). The van der Waals surface area contributed by atoms with Crippen LogP contribution in [0.1, 0.15) is 16.8 Å². The molecule has 148 valence electrons. The first-order valence-electron chi connectivity index (χ1n) is 9.08. The largest absolute Gasteiger partial charge is 0.377 e. The monoisotopic (exact) mass is 377 g/mol. The first kappa shape index (κ1) is 20.9. The molecule has 1 saturated heterocycles. The second-order valence-corrected chi connectivity index (χ2v) is 6.31. The zero-order chi connectivity index (χ0) is 19.5. The second kappa shape index (κ2) is 11.3. The first-order valence-corrected chi connectivity index (χ1v) is 9.08. The molecule has 0 bridgehead atoms. The standard InChI is InChI=1S/C19H27N3O5/c1-22-14-16(13-17(22)23)19(25)21-8-10-27-12-11-26-9-7-20-18(24)15-5-3-2-4-6-15/h2-6,16H,7-14H2,1H3,(H,20,24)(H,21,25)/t16-/m0/s1. The Bertz CT molecular complexity index is 623. The van der Waals surface area contributed by atoms with Crippen LogP contribution in [-0.2, 0) is 19.1 Å². The van der Waals surface area contributed by atoms with Crippen molar-refractivity contribution in [1.29, 1.82) is 0 Å². The van der Waals surface area contributed by atoms with E-state index in [-0.39, 0.29) is 30.1 Å². The van der Waals surface area contributed by atoms with E-state index in [9.17, 15) is 14.4 Å². The van der Waals surface area contributed by atoms with Crippen LogP contribution in [0.15, 0.2) is 30.3 Å². The van der Waals surface area contributed by atoms with Crippen LogP contribution in [0.4, 0.5) is 0 Å². The van der Waals surface area contributed by atoms with Gasteiger partial charge in [-0.15, -0.1) is 0 Å². The van der Waals surface area contributed by atoms with E-state index in [2.05, 4.69) is 10.6 Å². The molecule has 1 aromatic carbocycles. The third-order valence-corrected chi connectivity index (χ3v) is 4.20. The number of nitrogens with zero attached hydrogens (tertiary/aromatic N) is 1. The van der Waals surface area contributed by atoms with Crippen molar-refractivity contribution in [3.05, 3.63) is 35.9 Å².